The lowest BCUT2D eigenvalue weighted by Crippen LogP contribution is -2.26. The van der Waals surface area contributed by atoms with E-state index in [2.05, 4.69) is 37.2 Å². The molecular formula is C16H25ClN2O. The summed E-state index contributed by atoms with van der Waals surface area (Å²) in [5.74, 6) is 0.853. The quantitative estimate of drug-likeness (QED) is 0.795. The fourth-order valence-electron chi connectivity index (χ4n) is 2.37. The molecule has 1 N–H and O–H groups in total. The van der Waals surface area contributed by atoms with Gasteiger partial charge in [0, 0.05) is 23.7 Å². The molecule has 1 fully saturated rings. The lowest BCUT2D eigenvalue weighted by Gasteiger charge is -2.17. The minimum absolute atomic E-state index is 0.266. The van der Waals surface area contributed by atoms with Gasteiger partial charge in [-0.1, -0.05) is 24.6 Å². The van der Waals surface area contributed by atoms with Gasteiger partial charge in [0.1, 0.15) is 12.4 Å². The van der Waals surface area contributed by atoms with Crippen molar-refractivity contribution in [2.24, 2.45) is 0 Å². The summed E-state index contributed by atoms with van der Waals surface area (Å²) < 4.78 is 5.78. The van der Waals surface area contributed by atoms with E-state index in [4.69, 9.17) is 16.3 Å². The highest BCUT2D eigenvalue weighted by Gasteiger charge is 2.25. The summed E-state index contributed by atoms with van der Waals surface area (Å²) in [5, 5.41) is 4.14. The molecule has 0 amide bonds. The van der Waals surface area contributed by atoms with Gasteiger partial charge < -0.3 is 15.0 Å². The van der Waals surface area contributed by atoms with Crippen molar-refractivity contribution in [1.82, 2.24) is 10.2 Å². The number of hydrogen-bond acceptors (Lipinski definition) is 3. The van der Waals surface area contributed by atoms with E-state index in [1.807, 2.05) is 12.1 Å². The van der Waals surface area contributed by atoms with Crippen LogP contribution < -0.4 is 10.1 Å². The third-order valence-corrected chi connectivity index (χ3v) is 4.16. The smallest absolute Gasteiger partial charge is 0.120 e. The molecule has 0 spiro atoms. The normalized spacial score (nSPS) is 16.4. The highest BCUT2D eigenvalue weighted by Crippen LogP contribution is 2.28. The Hall–Kier alpha value is -0.770. The minimum Gasteiger partial charge on any atom is -0.492 e. The van der Waals surface area contributed by atoms with Crippen molar-refractivity contribution in [1.29, 1.82) is 0 Å². The van der Waals surface area contributed by atoms with E-state index in [0.29, 0.717) is 6.61 Å². The van der Waals surface area contributed by atoms with Crippen LogP contribution >= 0.6 is 11.6 Å². The number of likely N-dealkylation sites (N-methyl/N-ethyl adjacent to an activating group) is 1. The molecule has 0 aliphatic heterocycles. The van der Waals surface area contributed by atoms with Crippen LogP contribution in [0.15, 0.2) is 18.2 Å². The first kappa shape index (κ1) is 15.6. The lowest BCUT2D eigenvalue weighted by atomic mass is 10.1. The molecule has 20 heavy (non-hydrogen) atoms. The lowest BCUT2D eigenvalue weighted by molar-refractivity contribution is 0.232. The van der Waals surface area contributed by atoms with Crippen LogP contribution in [0.25, 0.3) is 0 Å². The molecule has 0 saturated heterocycles. The zero-order chi connectivity index (χ0) is 14.5. The molecule has 3 nitrogen and oxygen atoms in total. The summed E-state index contributed by atoms with van der Waals surface area (Å²) in [4.78, 5) is 2.36. The average Bonchev–Trinajstić information content (AvgIpc) is 3.23. The Morgan fingerprint density at radius 2 is 2.20 bits per heavy atom. The van der Waals surface area contributed by atoms with Gasteiger partial charge in [-0.25, -0.2) is 0 Å². The van der Waals surface area contributed by atoms with E-state index in [1.54, 1.807) is 0 Å². The van der Waals surface area contributed by atoms with E-state index >= 15 is 0 Å². The molecule has 0 radical (unpaired) electrons. The maximum atomic E-state index is 6.33. The number of ether oxygens (including phenoxy) is 1. The molecule has 1 aromatic rings. The fraction of sp³-hybridized carbons (Fsp3) is 0.625. The van der Waals surface area contributed by atoms with E-state index < -0.39 is 0 Å². The summed E-state index contributed by atoms with van der Waals surface area (Å²) in [6.07, 6.45) is 2.67. The van der Waals surface area contributed by atoms with Crippen molar-refractivity contribution in [3.63, 3.8) is 0 Å². The van der Waals surface area contributed by atoms with Crippen LogP contribution in [0.5, 0.6) is 5.75 Å². The second kappa shape index (κ2) is 7.30. The van der Waals surface area contributed by atoms with Crippen LogP contribution in [-0.2, 0) is 0 Å². The van der Waals surface area contributed by atoms with Crippen molar-refractivity contribution in [3.05, 3.63) is 28.8 Å². The molecular weight excluding hydrogens is 272 g/mol. The summed E-state index contributed by atoms with van der Waals surface area (Å²) in [5.41, 5.74) is 1.12. The van der Waals surface area contributed by atoms with E-state index in [-0.39, 0.29) is 6.04 Å². The third-order valence-electron chi connectivity index (χ3n) is 3.83. The molecule has 1 saturated carbocycles. The Kier molecular flexibility index (Phi) is 5.70. The van der Waals surface area contributed by atoms with Gasteiger partial charge in [0.25, 0.3) is 0 Å². The molecule has 0 bridgehead atoms. The van der Waals surface area contributed by atoms with Crippen LogP contribution in [0, 0.1) is 0 Å². The first-order valence-corrected chi connectivity index (χ1v) is 7.85. The number of rotatable bonds is 8. The largest absolute Gasteiger partial charge is 0.492 e. The molecule has 4 heteroatoms. The molecule has 1 aliphatic carbocycles. The van der Waals surface area contributed by atoms with E-state index in [0.717, 1.165) is 35.5 Å². The minimum atomic E-state index is 0.266. The van der Waals surface area contributed by atoms with Gasteiger partial charge in [-0.05, 0) is 51.1 Å². The Balaban J connectivity index is 1.84. The van der Waals surface area contributed by atoms with Crippen LogP contribution in [0.3, 0.4) is 0 Å². The zero-order valence-electron chi connectivity index (χ0n) is 12.7. The molecule has 1 unspecified atom stereocenters. The molecule has 112 valence electrons. The molecule has 0 aromatic heterocycles. The zero-order valence-corrected chi connectivity index (χ0v) is 13.4. The number of hydrogen-bond donors (Lipinski definition) is 1. The topological polar surface area (TPSA) is 24.5 Å². The first-order chi connectivity index (χ1) is 9.61. The van der Waals surface area contributed by atoms with Gasteiger partial charge in [-0.3, -0.25) is 0 Å². The maximum Gasteiger partial charge on any atom is 0.120 e. The van der Waals surface area contributed by atoms with Crippen LogP contribution in [0.2, 0.25) is 5.02 Å². The second-order valence-corrected chi connectivity index (χ2v) is 5.93. The predicted molar refractivity (Wildman–Crippen MR) is 84.7 cm³/mol. The number of nitrogens with zero attached hydrogens (tertiary/aromatic N) is 1. The van der Waals surface area contributed by atoms with Crippen LogP contribution in [0.4, 0.5) is 0 Å². The van der Waals surface area contributed by atoms with E-state index in [9.17, 15) is 0 Å². The predicted octanol–water partition coefficient (Wildman–Crippen LogP) is 3.48. The van der Waals surface area contributed by atoms with Crippen LogP contribution in [-0.4, -0.2) is 37.7 Å². The molecule has 1 aromatic carbocycles. The van der Waals surface area contributed by atoms with Crippen molar-refractivity contribution in [2.45, 2.75) is 38.8 Å². The van der Waals surface area contributed by atoms with Gasteiger partial charge >= 0.3 is 0 Å². The second-order valence-electron chi connectivity index (χ2n) is 5.52. The highest BCUT2D eigenvalue weighted by molar-refractivity contribution is 6.31. The molecule has 2 rings (SSSR count). The number of nitrogens with one attached hydrogen (secondary N) is 1. The Morgan fingerprint density at radius 1 is 1.45 bits per heavy atom. The van der Waals surface area contributed by atoms with Crippen LogP contribution in [0.1, 0.15) is 38.3 Å². The summed E-state index contributed by atoms with van der Waals surface area (Å²) in [6.45, 7) is 6.83. The monoisotopic (exact) mass is 296 g/mol. The Bertz CT molecular complexity index is 434. The van der Waals surface area contributed by atoms with Crippen molar-refractivity contribution in [2.75, 3.05) is 26.7 Å². The summed E-state index contributed by atoms with van der Waals surface area (Å²) in [7, 11) is 2.16. The van der Waals surface area contributed by atoms with E-state index in [1.165, 1.54) is 12.8 Å². The number of benzene rings is 1. The van der Waals surface area contributed by atoms with Crippen molar-refractivity contribution >= 4 is 11.6 Å². The SMILES string of the molecule is CCNC(C)c1ccc(OCCN(C)C2CC2)cc1Cl. The first-order valence-electron chi connectivity index (χ1n) is 7.47. The Morgan fingerprint density at radius 3 is 2.80 bits per heavy atom. The van der Waals surface area contributed by atoms with Gasteiger partial charge in [-0.2, -0.15) is 0 Å². The average molecular weight is 297 g/mol. The van der Waals surface area contributed by atoms with Crippen molar-refractivity contribution in [3.8, 4) is 5.75 Å². The summed E-state index contributed by atoms with van der Waals surface area (Å²) in [6, 6.07) is 7.02. The molecule has 0 heterocycles. The van der Waals surface area contributed by atoms with Gasteiger partial charge in [0.05, 0.1) is 0 Å². The fourth-order valence-corrected chi connectivity index (χ4v) is 2.70. The number of halogens is 1. The van der Waals surface area contributed by atoms with Gasteiger partial charge in [0.15, 0.2) is 0 Å². The highest BCUT2D eigenvalue weighted by atomic mass is 35.5. The van der Waals surface area contributed by atoms with Gasteiger partial charge in [0.2, 0.25) is 0 Å². The standard InChI is InChI=1S/C16H25ClN2O/c1-4-18-12(2)15-8-7-14(11-16(15)17)20-10-9-19(3)13-5-6-13/h7-8,11-13,18H,4-6,9-10H2,1-3H3. The van der Waals surface area contributed by atoms with Gasteiger partial charge in [-0.15, -0.1) is 0 Å². The van der Waals surface area contributed by atoms with Crippen molar-refractivity contribution < 1.29 is 4.74 Å². The molecule has 1 atom stereocenters. The molecule has 1 aliphatic rings. The Labute approximate surface area is 127 Å². The summed E-state index contributed by atoms with van der Waals surface area (Å²) >= 11 is 6.33. The maximum absolute atomic E-state index is 6.33. The third kappa shape index (κ3) is 4.37.